The minimum Gasteiger partial charge on any atom is -0.349 e. The van der Waals surface area contributed by atoms with Gasteiger partial charge in [-0.3, -0.25) is 9.89 Å². The predicted molar refractivity (Wildman–Crippen MR) is 65.0 cm³/mol. The summed E-state index contributed by atoms with van der Waals surface area (Å²) >= 11 is 0. The average Bonchev–Trinajstić information content (AvgIpc) is 3.00. The van der Waals surface area contributed by atoms with Crippen LogP contribution in [0.25, 0.3) is 0 Å². The number of aromatic nitrogens is 5. The van der Waals surface area contributed by atoms with Gasteiger partial charge in [0.1, 0.15) is 5.82 Å². The van der Waals surface area contributed by atoms with Crippen LogP contribution in [0.1, 0.15) is 35.5 Å². The molecule has 3 N–H and O–H groups in total. The summed E-state index contributed by atoms with van der Waals surface area (Å²) in [6.07, 6.45) is 5.82. The Kier molecular flexibility index (Phi) is 4.06. The van der Waals surface area contributed by atoms with Gasteiger partial charge >= 0.3 is 0 Å². The van der Waals surface area contributed by atoms with E-state index >= 15 is 0 Å². The maximum atomic E-state index is 11.7. The van der Waals surface area contributed by atoms with Crippen molar-refractivity contribution < 1.29 is 4.79 Å². The van der Waals surface area contributed by atoms with E-state index in [4.69, 9.17) is 0 Å². The van der Waals surface area contributed by atoms with E-state index in [-0.39, 0.29) is 11.7 Å². The van der Waals surface area contributed by atoms with Crippen LogP contribution in [-0.2, 0) is 12.8 Å². The monoisotopic (exact) mass is 248 g/mol. The Morgan fingerprint density at radius 3 is 3.06 bits per heavy atom. The quantitative estimate of drug-likeness (QED) is 0.691. The number of aryl methyl sites for hydroxylation is 1. The number of carbonyl (C=O) groups excluding carboxylic acids is 1. The second-order valence-electron chi connectivity index (χ2n) is 3.94. The smallest absolute Gasteiger partial charge is 0.290 e. The van der Waals surface area contributed by atoms with Crippen LogP contribution in [0.5, 0.6) is 0 Å². The predicted octanol–water partition coefficient (Wildman–Crippen LogP) is 0.453. The third kappa shape index (κ3) is 3.16. The molecule has 2 rings (SSSR count). The summed E-state index contributed by atoms with van der Waals surface area (Å²) in [4.78, 5) is 22.7. The number of amides is 1. The molecule has 0 fully saturated rings. The van der Waals surface area contributed by atoms with Crippen molar-refractivity contribution in [1.82, 2.24) is 30.5 Å². The largest absolute Gasteiger partial charge is 0.349 e. The first-order valence-electron chi connectivity index (χ1n) is 5.96. The highest BCUT2D eigenvalue weighted by Crippen LogP contribution is 1.97. The Morgan fingerprint density at radius 2 is 2.33 bits per heavy atom. The van der Waals surface area contributed by atoms with Crippen molar-refractivity contribution >= 4 is 5.91 Å². The molecule has 0 saturated carbocycles. The van der Waals surface area contributed by atoms with Gasteiger partial charge in [0.05, 0.1) is 6.33 Å². The first-order valence-corrected chi connectivity index (χ1v) is 5.96. The molecule has 0 aliphatic carbocycles. The van der Waals surface area contributed by atoms with E-state index in [1.807, 2.05) is 6.92 Å². The summed E-state index contributed by atoms with van der Waals surface area (Å²) in [5.74, 6) is 0.687. The lowest BCUT2D eigenvalue weighted by atomic mass is 10.3. The Labute approximate surface area is 104 Å². The van der Waals surface area contributed by atoms with Crippen molar-refractivity contribution in [3.05, 3.63) is 29.9 Å². The highest BCUT2D eigenvalue weighted by atomic mass is 16.2. The lowest BCUT2D eigenvalue weighted by molar-refractivity contribution is 0.0944. The fourth-order valence-corrected chi connectivity index (χ4v) is 1.56. The molecule has 18 heavy (non-hydrogen) atoms. The number of H-pyrrole nitrogens is 2. The standard InChI is InChI=1S/C11H16N6O/c1-2-3-9-15-10(17-16-9)11(18)13-5-4-8-6-12-7-14-8/h6-7H,2-5H2,1H3,(H,12,14)(H,13,18)(H,15,16,17). The maximum Gasteiger partial charge on any atom is 0.290 e. The van der Waals surface area contributed by atoms with E-state index in [9.17, 15) is 4.79 Å². The molecule has 0 radical (unpaired) electrons. The third-order valence-corrected chi connectivity index (χ3v) is 2.46. The van der Waals surface area contributed by atoms with Gasteiger partial charge in [0.25, 0.3) is 5.91 Å². The van der Waals surface area contributed by atoms with Crippen LogP contribution >= 0.6 is 0 Å². The van der Waals surface area contributed by atoms with Gasteiger partial charge in [-0.1, -0.05) is 6.92 Å². The normalized spacial score (nSPS) is 10.5. The van der Waals surface area contributed by atoms with E-state index < -0.39 is 0 Å². The molecule has 2 heterocycles. The van der Waals surface area contributed by atoms with Gasteiger partial charge in [0, 0.05) is 31.3 Å². The zero-order valence-corrected chi connectivity index (χ0v) is 10.2. The van der Waals surface area contributed by atoms with Gasteiger partial charge in [-0.2, -0.15) is 0 Å². The average molecular weight is 248 g/mol. The minimum absolute atomic E-state index is 0.197. The van der Waals surface area contributed by atoms with Crippen LogP contribution in [0.3, 0.4) is 0 Å². The Bertz CT molecular complexity index is 489. The van der Waals surface area contributed by atoms with Gasteiger partial charge in [-0.25, -0.2) is 9.97 Å². The van der Waals surface area contributed by atoms with Crippen molar-refractivity contribution in [1.29, 1.82) is 0 Å². The second-order valence-corrected chi connectivity index (χ2v) is 3.94. The molecule has 0 saturated heterocycles. The van der Waals surface area contributed by atoms with Crippen LogP contribution < -0.4 is 5.32 Å². The van der Waals surface area contributed by atoms with Crippen LogP contribution in [0.2, 0.25) is 0 Å². The van der Waals surface area contributed by atoms with Gasteiger partial charge in [-0.05, 0) is 6.42 Å². The van der Waals surface area contributed by atoms with Gasteiger partial charge in [0.2, 0.25) is 5.82 Å². The van der Waals surface area contributed by atoms with Crippen LogP contribution in [0.4, 0.5) is 0 Å². The van der Waals surface area contributed by atoms with Crippen molar-refractivity contribution in [2.45, 2.75) is 26.2 Å². The van der Waals surface area contributed by atoms with Crippen LogP contribution in [0, 0.1) is 0 Å². The molecule has 2 aromatic heterocycles. The van der Waals surface area contributed by atoms with Crippen molar-refractivity contribution in [3.8, 4) is 0 Å². The highest BCUT2D eigenvalue weighted by molar-refractivity contribution is 5.90. The first-order chi connectivity index (χ1) is 8.79. The topological polar surface area (TPSA) is 99.3 Å². The van der Waals surface area contributed by atoms with E-state index in [1.54, 1.807) is 12.5 Å². The van der Waals surface area contributed by atoms with Crippen molar-refractivity contribution in [2.75, 3.05) is 6.54 Å². The van der Waals surface area contributed by atoms with E-state index in [0.29, 0.717) is 13.0 Å². The Morgan fingerprint density at radius 1 is 1.44 bits per heavy atom. The number of hydrogen-bond acceptors (Lipinski definition) is 4. The number of imidazole rings is 1. The number of nitrogens with one attached hydrogen (secondary N) is 3. The van der Waals surface area contributed by atoms with Gasteiger partial charge in [-0.15, -0.1) is 5.10 Å². The SMILES string of the molecule is CCCc1nc(C(=O)NCCc2cnc[nH]2)n[nH]1. The number of carbonyl (C=O) groups is 1. The number of hydrogen-bond donors (Lipinski definition) is 3. The molecule has 0 spiro atoms. The van der Waals surface area contributed by atoms with E-state index in [0.717, 1.165) is 24.4 Å². The van der Waals surface area contributed by atoms with Crippen LogP contribution in [0.15, 0.2) is 12.5 Å². The Balaban J connectivity index is 1.80. The molecule has 0 unspecified atom stereocenters. The lowest BCUT2D eigenvalue weighted by Crippen LogP contribution is -2.26. The summed E-state index contributed by atoms with van der Waals surface area (Å²) in [5.41, 5.74) is 0.983. The Hall–Kier alpha value is -2.18. The minimum atomic E-state index is -0.256. The first kappa shape index (κ1) is 12.3. The summed E-state index contributed by atoms with van der Waals surface area (Å²) < 4.78 is 0. The molecule has 0 bridgehead atoms. The molecular formula is C11H16N6O. The summed E-state index contributed by atoms with van der Waals surface area (Å²) in [5, 5.41) is 9.40. The maximum absolute atomic E-state index is 11.7. The molecule has 7 nitrogen and oxygen atoms in total. The molecule has 96 valence electrons. The highest BCUT2D eigenvalue weighted by Gasteiger charge is 2.11. The van der Waals surface area contributed by atoms with Crippen LogP contribution in [-0.4, -0.2) is 37.6 Å². The molecule has 7 heteroatoms. The fraction of sp³-hybridized carbons (Fsp3) is 0.455. The molecule has 2 aromatic rings. The molecule has 0 aliphatic heterocycles. The van der Waals surface area contributed by atoms with Crippen molar-refractivity contribution in [2.24, 2.45) is 0 Å². The molecule has 1 amide bonds. The fourth-order valence-electron chi connectivity index (χ4n) is 1.56. The summed E-state index contributed by atoms with van der Waals surface area (Å²) in [6, 6.07) is 0. The van der Waals surface area contributed by atoms with E-state index in [2.05, 4.69) is 30.5 Å². The number of aromatic amines is 2. The zero-order chi connectivity index (χ0) is 12.8. The lowest BCUT2D eigenvalue weighted by Gasteiger charge is -2.00. The molecule has 0 aliphatic rings. The molecule has 0 aromatic carbocycles. The van der Waals surface area contributed by atoms with Crippen molar-refractivity contribution in [3.63, 3.8) is 0 Å². The van der Waals surface area contributed by atoms with E-state index in [1.165, 1.54) is 0 Å². The third-order valence-electron chi connectivity index (χ3n) is 2.46. The van der Waals surface area contributed by atoms with Gasteiger partial charge < -0.3 is 10.3 Å². The zero-order valence-electron chi connectivity index (χ0n) is 10.2. The summed E-state index contributed by atoms with van der Waals surface area (Å²) in [7, 11) is 0. The molecule has 0 atom stereocenters. The summed E-state index contributed by atoms with van der Waals surface area (Å²) in [6.45, 7) is 2.57. The van der Waals surface area contributed by atoms with Gasteiger partial charge in [0.15, 0.2) is 0 Å². The second kappa shape index (κ2) is 5.95. The number of rotatable bonds is 6. The molecular weight excluding hydrogens is 232 g/mol. The number of nitrogens with zero attached hydrogens (tertiary/aromatic N) is 3.